The standard InChI is InChI=1S/C45H43N/c1-9-34-37-24-22-32(27-41(37)45(7,8)40-21-15-19-35(43(34)40)30(4)26-29(2)3)46(31-16-11-10-12-17-31)33-23-25-38-36-18-13-14-20-39(36)44(5,6)42(38)28-33/h9-28H,4H2,1-3,5-8H3/b34-9-. The first-order chi connectivity index (χ1) is 22.0. The molecule has 5 aromatic rings. The van der Waals surface area contributed by atoms with E-state index in [9.17, 15) is 0 Å². The van der Waals surface area contributed by atoms with Crippen molar-refractivity contribution in [3.05, 3.63) is 172 Å². The van der Waals surface area contributed by atoms with Crippen LogP contribution in [0, 0.1) is 0 Å². The van der Waals surface area contributed by atoms with Gasteiger partial charge in [0.05, 0.1) is 0 Å². The monoisotopic (exact) mass is 597 g/mol. The van der Waals surface area contributed by atoms with Crippen molar-refractivity contribution in [2.45, 2.75) is 59.3 Å². The number of allylic oxidation sites excluding steroid dienone is 4. The van der Waals surface area contributed by atoms with Crippen molar-refractivity contribution in [3.8, 4) is 11.1 Å². The van der Waals surface area contributed by atoms with E-state index in [0.29, 0.717) is 0 Å². The summed E-state index contributed by atoms with van der Waals surface area (Å²) in [4.78, 5) is 2.42. The van der Waals surface area contributed by atoms with Gasteiger partial charge in [0.15, 0.2) is 0 Å². The first-order valence-electron chi connectivity index (χ1n) is 16.4. The summed E-state index contributed by atoms with van der Waals surface area (Å²) in [5, 5.41) is 0. The van der Waals surface area contributed by atoms with Crippen molar-refractivity contribution in [1.82, 2.24) is 0 Å². The molecule has 0 atom stereocenters. The number of anilines is 3. The largest absolute Gasteiger partial charge is 0.310 e. The van der Waals surface area contributed by atoms with Crippen molar-refractivity contribution in [1.29, 1.82) is 0 Å². The molecule has 5 aromatic carbocycles. The number of rotatable bonds is 5. The first-order valence-corrected chi connectivity index (χ1v) is 16.4. The van der Waals surface area contributed by atoms with Crippen LogP contribution in [0.2, 0.25) is 0 Å². The summed E-state index contributed by atoms with van der Waals surface area (Å²) in [5.41, 5.74) is 18.7. The SMILES string of the molecule is C=C(C=C(C)C)c1cccc2c1/C(=C\C)c1ccc(N(c3ccccc3)c3ccc4c(c3)C(C)(C)c3ccccc3-4)cc1C2(C)C. The minimum absolute atomic E-state index is 0.0696. The zero-order valence-corrected chi connectivity index (χ0v) is 28.2. The van der Waals surface area contributed by atoms with E-state index in [1.165, 1.54) is 66.9 Å². The van der Waals surface area contributed by atoms with Gasteiger partial charge >= 0.3 is 0 Å². The van der Waals surface area contributed by atoms with E-state index in [2.05, 4.69) is 181 Å². The van der Waals surface area contributed by atoms with Crippen LogP contribution < -0.4 is 4.90 Å². The molecule has 0 aromatic heterocycles. The van der Waals surface area contributed by atoms with Gasteiger partial charge in [-0.1, -0.05) is 125 Å². The van der Waals surface area contributed by atoms with Gasteiger partial charge < -0.3 is 4.90 Å². The van der Waals surface area contributed by atoms with Crippen molar-refractivity contribution in [2.75, 3.05) is 4.90 Å². The van der Waals surface area contributed by atoms with Crippen molar-refractivity contribution < 1.29 is 0 Å². The first kappa shape index (κ1) is 29.8. The molecule has 0 N–H and O–H groups in total. The third kappa shape index (κ3) is 4.52. The molecule has 1 heteroatoms. The molecule has 0 amide bonds. The van der Waals surface area contributed by atoms with Crippen LogP contribution in [0.4, 0.5) is 17.1 Å². The number of para-hydroxylation sites is 1. The molecule has 46 heavy (non-hydrogen) atoms. The summed E-state index contributed by atoms with van der Waals surface area (Å²) in [6, 6.07) is 40.5. The van der Waals surface area contributed by atoms with Gasteiger partial charge in [-0.2, -0.15) is 0 Å². The van der Waals surface area contributed by atoms with Crippen molar-refractivity contribution in [2.24, 2.45) is 0 Å². The summed E-state index contributed by atoms with van der Waals surface area (Å²) in [5.74, 6) is 0. The zero-order valence-electron chi connectivity index (χ0n) is 28.2. The van der Waals surface area contributed by atoms with Crippen molar-refractivity contribution >= 4 is 28.2 Å². The van der Waals surface area contributed by atoms with Gasteiger partial charge in [-0.3, -0.25) is 0 Å². The summed E-state index contributed by atoms with van der Waals surface area (Å²) in [6.07, 6.45) is 4.48. The highest BCUT2D eigenvalue weighted by Crippen LogP contribution is 2.52. The maximum atomic E-state index is 4.49. The summed E-state index contributed by atoms with van der Waals surface area (Å²) in [7, 11) is 0. The highest BCUT2D eigenvalue weighted by atomic mass is 15.1. The molecule has 2 aliphatic rings. The molecule has 0 unspecified atom stereocenters. The Morgan fingerprint density at radius 3 is 1.83 bits per heavy atom. The quantitative estimate of drug-likeness (QED) is 0.182. The van der Waals surface area contributed by atoms with E-state index in [-0.39, 0.29) is 10.8 Å². The molecule has 0 bridgehead atoms. The van der Waals surface area contributed by atoms with Gasteiger partial charge in [0.25, 0.3) is 0 Å². The molecule has 0 saturated carbocycles. The number of benzene rings is 5. The maximum absolute atomic E-state index is 4.49. The Kier molecular flexibility index (Phi) is 7.05. The lowest BCUT2D eigenvalue weighted by Crippen LogP contribution is -2.28. The van der Waals surface area contributed by atoms with E-state index in [1.807, 2.05) is 0 Å². The highest BCUT2D eigenvalue weighted by molar-refractivity contribution is 5.95. The van der Waals surface area contributed by atoms with Crippen LogP contribution in [-0.2, 0) is 10.8 Å². The molecule has 0 spiro atoms. The lowest BCUT2D eigenvalue weighted by atomic mass is 9.65. The zero-order chi connectivity index (χ0) is 32.4. The fraction of sp³-hybridized carbons (Fsp3) is 0.200. The Bertz CT molecular complexity index is 2080. The molecule has 0 heterocycles. The summed E-state index contributed by atoms with van der Waals surface area (Å²) in [6.45, 7) is 20.4. The number of hydrogen-bond acceptors (Lipinski definition) is 1. The average molecular weight is 598 g/mol. The Morgan fingerprint density at radius 2 is 1.15 bits per heavy atom. The second-order valence-electron chi connectivity index (χ2n) is 14.1. The van der Waals surface area contributed by atoms with Gasteiger partial charge in [0.2, 0.25) is 0 Å². The second-order valence-corrected chi connectivity index (χ2v) is 14.1. The Balaban J connectivity index is 1.41. The van der Waals surface area contributed by atoms with Crippen LogP contribution in [-0.4, -0.2) is 0 Å². The van der Waals surface area contributed by atoms with Gasteiger partial charge in [-0.25, -0.2) is 0 Å². The highest BCUT2D eigenvalue weighted by Gasteiger charge is 2.38. The van der Waals surface area contributed by atoms with Gasteiger partial charge in [0.1, 0.15) is 0 Å². The molecule has 1 nitrogen and oxygen atoms in total. The predicted molar refractivity (Wildman–Crippen MR) is 198 cm³/mol. The van der Waals surface area contributed by atoms with Gasteiger partial charge in [-0.15, -0.1) is 0 Å². The summed E-state index contributed by atoms with van der Waals surface area (Å²) >= 11 is 0. The van der Waals surface area contributed by atoms with Crippen LogP contribution in [0.5, 0.6) is 0 Å². The fourth-order valence-electron chi connectivity index (χ4n) is 7.92. The third-order valence-corrected chi connectivity index (χ3v) is 10.2. The molecular formula is C45H43N. The van der Waals surface area contributed by atoms with E-state index >= 15 is 0 Å². The third-order valence-electron chi connectivity index (χ3n) is 10.2. The molecule has 228 valence electrons. The molecule has 2 aliphatic carbocycles. The Morgan fingerprint density at radius 1 is 0.587 bits per heavy atom. The van der Waals surface area contributed by atoms with Crippen LogP contribution in [0.25, 0.3) is 22.3 Å². The maximum Gasteiger partial charge on any atom is 0.0465 e. The summed E-state index contributed by atoms with van der Waals surface area (Å²) < 4.78 is 0. The molecule has 0 radical (unpaired) electrons. The molecule has 0 saturated heterocycles. The van der Waals surface area contributed by atoms with E-state index in [1.54, 1.807) is 0 Å². The van der Waals surface area contributed by atoms with Crippen LogP contribution in [0.1, 0.15) is 87.4 Å². The number of nitrogens with zero attached hydrogens (tertiary/aromatic N) is 1. The van der Waals surface area contributed by atoms with E-state index in [4.69, 9.17) is 0 Å². The minimum atomic E-state index is -0.210. The minimum Gasteiger partial charge on any atom is -0.310 e. The van der Waals surface area contributed by atoms with Crippen molar-refractivity contribution in [3.63, 3.8) is 0 Å². The fourth-order valence-corrected chi connectivity index (χ4v) is 7.92. The van der Waals surface area contributed by atoms with E-state index in [0.717, 1.165) is 16.9 Å². The predicted octanol–water partition coefficient (Wildman–Crippen LogP) is 12.5. The van der Waals surface area contributed by atoms with Crippen LogP contribution in [0.3, 0.4) is 0 Å². The normalized spacial score (nSPS) is 15.8. The number of fused-ring (bicyclic) bond motifs is 5. The molecule has 0 aliphatic heterocycles. The lowest BCUT2D eigenvalue weighted by Gasteiger charge is -2.39. The smallest absolute Gasteiger partial charge is 0.0465 e. The average Bonchev–Trinajstić information content (AvgIpc) is 3.27. The molecule has 0 fully saturated rings. The van der Waals surface area contributed by atoms with E-state index < -0.39 is 0 Å². The molecule has 7 rings (SSSR count). The van der Waals surface area contributed by atoms with Crippen LogP contribution in [0.15, 0.2) is 133 Å². The Labute approximate surface area is 275 Å². The topological polar surface area (TPSA) is 3.24 Å². The molecular weight excluding hydrogens is 555 g/mol. The van der Waals surface area contributed by atoms with Crippen LogP contribution >= 0.6 is 0 Å². The van der Waals surface area contributed by atoms with Gasteiger partial charge in [-0.05, 0) is 118 Å². The Hall–Kier alpha value is -4.88. The van der Waals surface area contributed by atoms with Gasteiger partial charge in [0, 0.05) is 27.9 Å². The lowest BCUT2D eigenvalue weighted by molar-refractivity contribution is 0.630. The second kappa shape index (κ2) is 10.9. The number of hydrogen-bond donors (Lipinski definition) is 0.